The Hall–Kier alpha value is -3.81. The zero-order valence-corrected chi connectivity index (χ0v) is 19.5. The summed E-state index contributed by atoms with van der Waals surface area (Å²) < 4.78 is 6.90. The fraction of sp³-hybridized carbons (Fsp3) is 0.0800. The van der Waals surface area contributed by atoms with Gasteiger partial charge in [-0.1, -0.05) is 59.6 Å². The van der Waals surface area contributed by atoms with Gasteiger partial charge < -0.3 is 10.1 Å². The van der Waals surface area contributed by atoms with Gasteiger partial charge in [0, 0.05) is 21.3 Å². The molecule has 1 atom stereocenters. The Morgan fingerprint density at radius 3 is 2.62 bits per heavy atom. The third-order valence-corrected chi connectivity index (χ3v) is 6.00. The molecule has 2 heterocycles. The van der Waals surface area contributed by atoms with Crippen molar-refractivity contribution >= 4 is 46.7 Å². The van der Waals surface area contributed by atoms with Crippen molar-refractivity contribution in [3.05, 3.63) is 106 Å². The van der Waals surface area contributed by atoms with Gasteiger partial charge in [0.25, 0.3) is 11.9 Å². The molecule has 3 aromatic carbocycles. The van der Waals surface area contributed by atoms with Crippen LogP contribution >= 0.6 is 23.2 Å². The van der Waals surface area contributed by atoms with E-state index in [1.165, 1.54) is 0 Å². The van der Waals surface area contributed by atoms with Gasteiger partial charge in [-0.05, 0) is 53.6 Å². The molecule has 0 saturated heterocycles. The van der Waals surface area contributed by atoms with E-state index in [2.05, 4.69) is 20.7 Å². The number of halogens is 2. The number of carbonyl (C=O) groups is 1. The molecule has 0 radical (unpaired) electrons. The van der Waals surface area contributed by atoms with Crippen LogP contribution in [0.5, 0.6) is 5.75 Å². The van der Waals surface area contributed by atoms with Crippen molar-refractivity contribution in [3.8, 4) is 5.75 Å². The number of anilines is 2. The first-order chi connectivity index (χ1) is 16.5. The molecule has 1 aromatic heterocycles. The maximum absolute atomic E-state index is 12.8. The molecular formula is C25H19Cl2N5O2. The van der Waals surface area contributed by atoms with Gasteiger partial charge in [-0.2, -0.15) is 4.98 Å². The van der Waals surface area contributed by atoms with Gasteiger partial charge in [0.2, 0.25) is 5.95 Å². The molecular weight excluding hydrogens is 473 g/mol. The lowest BCUT2D eigenvalue weighted by Gasteiger charge is -2.24. The standard InChI is InChI=1S/C25H19Cl2N5O2/c1-34-18-6-4-5-16(13-18)23(33)29-24-30-25-28-21(15-9-11-17(26)12-10-15)14-22(32(25)31-24)19-7-2-3-8-20(19)27/h2-14,22H,1H3,(H2,28,29,30,31,33)/t22-/m0/s1. The van der Waals surface area contributed by atoms with Crippen molar-refractivity contribution in [2.75, 3.05) is 17.7 Å². The number of hydrogen-bond donors (Lipinski definition) is 2. The summed E-state index contributed by atoms with van der Waals surface area (Å²) in [4.78, 5) is 17.3. The molecule has 0 spiro atoms. The van der Waals surface area contributed by atoms with Gasteiger partial charge in [-0.25, -0.2) is 4.68 Å². The molecule has 1 aliphatic heterocycles. The Bertz CT molecular complexity index is 1400. The molecule has 0 bridgehead atoms. The van der Waals surface area contributed by atoms with Crippen molar-refractivity contribution in [1.29, 1.82) is 0 Å². The summed E-state index contributed by atoms with van der Waals surface area (Å²) >= 11 is 12.6. The molecule has 9 heteroatoms. The largest absolute Gasteiger partial charge is 0.497 e. The molecule has 170 valence electrons. The van der Waals surface area contributed by atoms with E-state index in [9.17, 15) is 4.79 Å². The van der Waals surface area contributed by atoms with E-state index in [1.807, 2.05) is 54.6 Å². The zero-order valence-electron chi connectivity index (χ0n) is 18.0. The summed E-state index contributed by atoms with van der Waals surface area (Å²) in [5.41, 5.74) is 3.04. The molecule has 34 heavy (non-hydrogen) atoms. The highest BCUT2D eigenvalue weighted by atomic mass is 35.5. The highest BCUT2D eigenvalue weighted by Gasteiger charge is 2.27. The van der Waals surface area contributed by atoms with Gasteiger partial charge in [0.1, 0.15) is 11.8 Å². The van der Waals surface area contributed by atoms with Gasteiger partial charge in [-0.15, -0.1) is 5.10 Å². The topological polar surface area (TPSA) is 81.1 Å². The number of carbonyl (C=O) groups excluding carboxylic acids is 1. The van der Waals surface area contributed by atoms with Gasteiger partial charge in [-0.3, -0.25) is 10.1 Å². The lowest BCUT2D eigenvalue weighted by atomic mass is 10.0. The minimum Gasteiger partial charge on any atom is -0.497 e. The number of hydrogen-bond acceptors (Lipinski definition) is 5. The predicted octanol–water partition coefficient (Wildman–Crippen LogP) is 5.90. The predicted molar refractivity (Wildman–Crippen MR) is 134 cm³/mol. The third kappa shape index (κ3) is 4.35. The Labute approximate surface area is 206 Å². The van der Waals surface area contributed by atoms with Crippen LogP contribution in [-0.4, -0.2) is 27.8 Å². The smallest absolute Gasteiger partial charge is 0.258 e. The second-order valence-corrected chi connectivity index (χ2v) is 8.41. The van der Waals surface area contributed by atoms with Gasteiger partial charge >= 0.3 is 0 Å². The van der Waals surface area contributed by atoms with Crippen LogP contribution in [-0.2, 0) is 0 Å². The average Bonchev–Trinajstić information content (AvgIpc) is 3.26. The highest BCUT2D eigenvalue weighted by molar-refractivity contribution is 6.31. The number of amides is 1. The monoisotopic (exact) mass is 491 g/mol. The summed E-state index contributed by atoms with van der Waals surface area (Å²) in [5, 5.41) is 11.9. The first-order valence-electron chi connectivity index (χ1n) is 10.4. The molecule has 2 N–H and O–H groups in total. The Kier molecular flexibility index (Phi) is 5.96. The van der Waals surface area contributed by atoms with Crippen molar-refractivity contribution < 1.29 is 9.53 Å². The molecule has 4 aromatic rings. The number of methoxy groups -OCH3 is 1. The highest BCUT2D eigenvalue weighted by Crippen LogP contribution is 2.36. The van der Waals surface area contributed by atoms with E-state index in [0.717, 1.165) is 16.8 Å². The molecule has 0 unspecified atom stereocenters. The van der Waals surface area contributed by atoms with Crippen LogP contribution in [0.3, 0.4) is 0 Å². The van der Waals surface area contributed by atoms with E-state index in [1.54, 1.807) is 36.1 Å². The number of benzene rings is 3. The third-order valence-electron chi connectivity index (χ3n) is 5.40. The second-order valence-electron chi connectivity index (χ2n) is 7.57. The van der Waals surface area contributed by atoms with Crippen LogP contribution in [0.1, 0.15) is 27.5 Å². The van der Waals surface area contributed by atoms with Crippen LogP contribution in [0.15, 0.2) is 78.9 Å². The maximum atomic E-state index is 12.8. The SMILES string of the molecule is COc1cccc(C(=O)Nc2nc3n(n2)[C@H](c2ccccc2Cl)C=C(c2ccc(Cl)cc2)N3)c1. The molecule has 1 aliphatic rings. The van der Waals surface area contributed by atoms with Gasteiger partial charge in [0.05, 0.1) is 7.11 Å². The number of nitrogens with zero attached hydrogens (tertiary/aromatic N) is 3. The fourth-order valence-corrected chi connectivity index (χ4v) is 4.09. The second kappa shape index (κ2) is 9.21. The summed E-state index contributed by atoms with van der Waals surface area (Å²) in [6.45, 7) is 0. The quantitative estimate of drug-likeness (QED) is 0.363. The number of allylic oxidation sites excluding steroid dienone is 1. The van der Waals surface area contributed by atoms with Crippen molar-refractivity contribution in [2.45, 2.75) is 6.04 Å². The van der Waals surface area contributed by atoms with Crippen LogP contribution in [0.2, 0.25) is 10.0 Å². The van der Waals surface area contributed by atoms with Crippen LogP contribution in [0.25, 0.3) is 5.70 Å². The number of ether oxygens (including phenoxy) is 1. The summed E-state index contributed by atoms with van der Waals surface area (Å²) in [7, 11) is 1.55. The van der Waals surface area contributed by atoms with E-state index in [-0.39, 0.29) is 17.9 Å². The van der Waals surface area contributed by atoms with Crippen LogP contribution < -0.4 is 15.4 Å². The van der Waals surface area contributed by atoms with Crippen molar-refractivity contribution in [1.82, 2.24) is 14.8 Å². The minimum atomic E-state index is -0.345. The fourth-order valence-electron chi connectivity index (χ4n) is 3.72. The van der Waals surface area contributed by atoms with Crippen molar-refractivity contribution in [2.24, 2.45) is 0 Å². The lowest BCUT2D eigenvalue weighted by molar-refractivity contribution is 0.102. The first kappa shape index (κ1) is 22.0. The molecule has 7 nitrogen and oxygen atoms in total. The molecule has 0 aliphatic carbocycles. The normalized spacial score (nSPS) is 14.6. The van der Waals surface area contributed by atoms with Crippen molar-refractivity contribution in [3.63, 3.8) is 0 Å². The first-order valence-corrected chi connectivity index (χ1v) is 11.2. The molecule has 0 saturated carbocycles. The number of fused-ring (bicyclic) bond motifs is 1. The molecule has 5 rings (SSSR count). The van der Waals surface area contributed by atoms with Crippen LogP contribution in [0, 0.1) is 0 Å². The molecule has 1 amide bonds. The number of aromatic nitrogens is 3. The molecule has 0 fully saturated rings. The van der Waals surface area contributed by atoms with E-state index in [4.69, 9.17) is 27.9 Å². The van der Waals surface area contributed by atoms with E-state index >= 15 is 0 Å². The summed E-state index contributed by atoms with van der Waals surface area (Å²) in [6, 6.07) is 21.6. The Morgan fingerprint density at radius 1 is 1.06 bits per heavy atom. The number of rotatable bonds is 5. The average molecular weight is 492 g/mol. The summed E-state index contributed by atoms with van der Waals surface area (Å²) in [5.74, 6) is 0.875. The van der Waals surface area contributed by atoms with E-state index < -0.39 is 0 Å². The van der Waals surface area contributed by atoms with E-state index in [0.29, 0.717) is 27.3 Å². The zero-order chi connectivity index (χ0) is 23.7. The maximum Gasteiger partial charge on any atom is 0.258 e. The Morgan fingerprint density at radius 2 is 1.85 bits per heavy atom. The lowest BCUT2D eigenvalue weighted by Crippen LogP contribution is -2.20. The minimum absolute atomic E-state index is 0.165. The van der Waals surface area contributed by atoms with Crippen LogP contribution in [0.4, 0.5) is 11.9 Å². The van der Waals surface area contributed by atoms with Gasteiger partial charge in [0.15, 0.2) is 0 Å². The number of nitrogens with one attached hydrogen (secondary N) is 2. The Balaban J connectivity index is 1.51. The summed E-state index contributed by atoms with van der Waals surface area (Å²) in [6.07, 6.45) is 2.01.